The molecule has 0 fully saturated rings. The predicted octanol–water partition coefficient (Wildman–Crippen LogP) is 4.14. The molecule has 0 saturated carbocycles. The van der Waals surface area contributed by atoms with Gasteiger partial charge in [-0.15, -0.1) is 11.3 Å². The molecule has 33 heavy (non-hydrogen) atoms. The molecule has 10 heteroatoms. The molecular formula is C23H21ClN2O6S. The van der Waals surface area contributed by atoms with Crippen molar-refractivity contribution >= 4 is 46.4 Å². The third kappa shape index (κ3) is 6.47. The number of anilines is 1. The first-order chi connectivity index (χ1) is 15.9. The minimum Gasteiger partial charge on any atom is -0.493 e. The molecular weight excluding hydrogens is 468 g/mol. The smallest absolute Gasteiger partial charge is 0.340 e. The summed E-state index contributed by atoms with van der Waals surface area (Å²) in [6.07, 6.45) is 0. The lowest BCUT2D eigenvalue weighted by atomic mass is 10.1. The van der Waals surface area contributed by atoms with Crippen LogP contribution in [0.4, 0.5) is 5.69 Å². The Morgan fingerprint density at radius 1 is 1.00 bits per heavy atom. The van der Waals surface area contributed by atoms with E-state index in [1.807, 2.05) is 6.07 Å². The number of esters is 1. The van der Waals surface area contributed by atoms with Crippen molar-refractivity contribution in [3.63, 3.8) is 0 Å². The van der Waals surface area contributed by atoms with Crippen LogP contribution in [0.15, 0.2) is 53.9 Å². The van der Waals surface area contributed by atoms with Crippen molar-refractivity contribution < 1.29 is 28.6 Å². The Morgan fingerprint density at radius 2 is 1.76 bits per heavy atom. The van der Waals surface area contributed by atoms with Crippen molar-refractivity contribution in [3.8, 4) is 11.5 Å². The quantitative estimate of drug-likeness (QED) is 0.439. The summed E-state index contributed by atoms with van der Waals surface area (Å²) in [7, 11) is 2.85. The maximum Gasteiger partial charge on any atom is 0.340 e. The van der Waals surface area contributed by atoms with Crippen LogP contribution in [0.5, 0.6) is 11.5 Å². The number of nitrogens with one attached hydrogen (secondary N) is 2. The number of carbonyl (C=O) groups is 3. The number of carbonyl (C=O) groups excluding carboxylic acids is 3. The van der Waals surface area contributed by atoms with Crippen LogP contribution in [-0.4, -0.2) is 38.6 Å². The van der Waals surface area contributed by atoms with E-state index in [-0.39, 0.29) is 23.5 Å². The van der Waals surface area contributed by atoms with Gasteiger partial charge in [-0.05, 0) is 29.1 Å². The minimum absolute atomic E-state index is 0.0141. The highest BCUT2D eigenvalue weighted by atomic mass is 35.5. The zero-order valence-electron chi connectivity index (χ0n) is 17.8. The van der Waals surface area contributed by atoms with Gasteiger partial charge in [0.15, 0.2) is 18.1 Å². The number of benzene rings is 2. The monoisotopic (exact) mass is 488 g/mol. The summed E-state index contributed by atoms with van der Waals surface area (Å²) in [5, 5.41) is 7.65. The van der Waals surface area contributed by atoms with E-state index < -0.39 is 24.4 Å². The Kier molecular flexibility index (Phi) is 8.28. The summed E-state index contributed by atoms with van der Waals surface area (Å²) < 4.78 is 15.7. The van der Waals surface area contributed by atoms with E-state index in [1.165, 1.54) is 37.7 Å². The maximum atomic E-state index is 12.8. The molecule has 2 N–H and O–H groups in total. The normalized spacial score (nSPS) is 10.3. The summed E-state index contributed by atoms with van der Waals surface area (Å²) in [5.74, 6) is -1.12. The second kappa shape index (κ2) is 11.3. The summed E-state index contributed by atoms with van der Waals surface area (Å²) in [6.45, 7) is -0.276. The van der Waals surface area contributed by atoms with Crippen molar-refractivity contribution in [2.75, 3.05) is 26.1 Å². The van der Waals surface area contributed by atoms with Crippen molar-refractivity contribution in [1.82, 2.24) is 5.32 Å². The average Bonchev–Trinajstić information content (AvgIpc) is 3.36. The van der Waals surface area contributed by atoms with Crippen molar-refractivity contribution in [2.24, 2.45) is 0 Å². The van der Waals surface area contributed by atoms with Gasteiger partial charge in [-0.25, -0.2) is 4.79 Å². The second-order valence-corrected chi connectivity index (χ2v) is 8.05. The predicted molar refractivity (Wildman–Crippen MR) is 125 cm³/mol. The Balaban J connectivity index is 1.70. The molecule has 3 aromatic rings. The van der Waals surface area contributed by atoms with Crippen LogP contribution in [0.3, 0.4) is 0 Å². The van der Waals surface area contributed by atoms with Gasteiger partial charge in [0.25, 0.3) is 11.8 Å². The number of hydrogen-bond donors (Lipinski definition) is 2. The van der Waals surface area contributed by atoms with E-state index in [9.17, 15) is 14.4 Å². The van der Waals surface area contributed by atoms with Gasteiger partial charge in [-0.1, -0.05) is 29.8 Å². The van der Waals surface area contributed by atoms with E-state index in [4.69, 9.17) is 25.8 Å². The highest BCUT2D eigenvalue weighted by molar-refractivity contribution is 7.12. The Labute approximate surface area is 199 Å². The number of halogens is 1. The fourth-order valence-corrected chi connectivity index (χ4v) is 3.68. The Hall–Kier alpha value is -3.56. The summed E-state index contributed by atoms with van der Waals surface area (Å²) in [6, 6.07) is 13.3. The zero-order chi connectivity index (χ0) is 23.8. The molecule has 8 nitrogen and oxygen atoms in total. The van der Waals surface area contributed by atoms with Gasteiger partial charge in [0.1, 0.15) is 0 Å². The van der Waals surface area contributed by atoms with Crippen LogP contribution in [-0.2, 0) is 16.1 Å². The molecule has 172 valence electrons. The number of amides is 2. The van der Waals surface area contributed by atoms with Crippen LogP contribution >= 0.6 is 22.9 Å². The fraction of sp³-hybridized carbons (Fsp3) is 0.174. The van der Waals surface area contributed by atoms with Gasteiger partial charge in [-0.3, -0.25) is 9.59 Å². The standard InChI is InChI=1S/C23H21ClN2O6S/c1-30-18-10-16(17(11-19(18)31-2)26-22(28)20-7-4-8-33-20)23(29)32-13-21(27)25-12-14-5-3-6-15(24)9-14/h3-11H,12-13H2,1-2H3,(H,25,27)(H,26,28). The number of ether oxygens (including phenoxy) is 3. The molecule has 1 heterocycles. The molecule has 0 aliphatic carbocycles. The third-order valence-electron chi connectivity index (χ3n) is 4.45. The van der Waals surface area contributed by atoms with Gasteiger partial charge < -0.3 is 24.8 Å². The van der Waals surface area contributed by atoms with Crippen molar-refractivity contribution in [3.05, 3.63) is 74.9 Å². The molecule has 0 spiro atoms. The van der Waals surface area contributed by atoms with Gasteiger partial charge in [0, 0.05) is 23.7 Å². The number of methoxy groups -OCH3 is 2. The molecule has 0 aliphatic heterocycles. The maximum absolute atomic E-state index is 12.8. The number of rotatable bonds is 9. The molecule has 0 aliphatic rings. The first kappa shape index (κ1) is 24.1. The lowest BCUT2D eigenvalue weighted by Gasteiger charge is -2.15. The van der Waals surface area contributed by atoms with E-state index in [2.05, 4.69) is 10.6 Å². The van der Waals surface area contributed by atoms with Gasteiger partial charge >= 0.3 is 5.97 Å². The van der Waals surface area contributed by atoms with Crippen LogP contribution in [0.2, 0.25) is 5.02 Å². The van der Waals surface area contributed by atoms with E-state index in [0.29, 0.717) is 15.6 Å². The number of thiophene rings is 1. The molecule has 3 rings (SSSR count). The van der Waals surface area contributed by atoms with Crippen LogP contribution in [0.1, 0.15) is 25.6 Å². The van der Waals surface area contributed by atoms with Crippen molar-refractivity contribution in [2.45, 2.75) is 6.54 Å². The van der Waals surface area contributed by atoms with Gasteiger partial charge in [0.2, 0.25) is 0 Å². The lowest BCUT2D eigenvalue weighted by molar-refractivity contribution is -0.124. The summed E-state index contributed by atoms with van der Waals surface area (Å²) in [4.78, 5) is 37.9. The fourth-order valence-electron chi connectivity index (χ4n) is 2.85. The van der Waals surface area contributed by atoms with Crippen molar-refractivity contribution in [1.29, 1.82) is 0 Å². The largest absolute Gasteiger partial charge is 0.493 e. The lowest BCUT2D eigenvalue weighted by Crippen LogP contribution is -2.28. The van der Waals surface area contributed by atoms with Gasteiger partial charge in [0.05, 0.1) is 30.3 Å². The molecule has 2 amide bonds. The third-order valence-corrected chi connectivity index (χ3v) is 5.55. The molecule has 0 bridgehead atoms. The Bertz CT molecular complexity index is 1150. The van der Waals surface area contributed by atoms with Gasteiger partial charge in [-0.2, -0.15) is 0 Å². The zero-order valence-corrected chi connectivity index (χ0v) is 19.4. The average molecular weight is 489 g/mol. The van der Waals surface area contributed by atoms with Crippen LogP contribution in [0.25, 0.3) is 0 Å². The first-order valence-corrected chi connectivity index (χ1v) is 11.0. The molecule has 1 aromatic heterocycles. The van der Waals surface area contributed by atoms with Crippen LogP contribution in [0, 0.1) is 0 Å². The van der Waals surface area contributed by atoms with E-state index in [0.717, 1.165) is 5.56 Å². The van der Waals surface area contributed by atoms with Crippen LogP contribution < -0.4 is 20.1 Å². The highest BCUT2D eigenvalue weighted by Crippen LogP contribution is 2.34. The molecule has 0 atom stereocenters. The SMILES string of the molecule is COc1cc(NC(=O)c2cccs2)c(C(=O)OCC(=O)NCc2cccc(Cl)c2)cc1OC. The first-order valence-electron chi connectivity index (χ1n) is 9.70. The molecule has 2 aromatic carbocycles. The summed E-state index contributed by atoms with van der Waals surface area (Å²) in [5.41, 5.74) is 0.983. The molecule has 0 saturated heterocycles. The van der Waals surface area contributed by atoms with E-state index >= 15 is 0 Å². The topological polar surface area (TPSA) is 103 Å². The molecule has 0 unspecified atom stereocenters. The minimum atomic E-state index is -0.810. The van der Waals surface area contributed by atoms with E-state index in [1.54, 1.807) is 35.7 Å². The highest BCUT2D eigenvalue weighted by Gasteiger charge is 2.21. The number of hydrogen-bond acceptors (Lipinski definition) is 7. The Morgan fingerprint density at radius 3 is 2.42 bits per heavy atom. The second-order valence-electron chi connectivity index (χ2n) is 6.67. The molecule has 0 radical (unpaired) electrons. The summed E-state index contributed by atoms with van der Waals surface area (Å²) >= 11 is 7.19.